The Morgan fingerprint density at radius 2 is 2.18 bits per heavy atom. The fraction of sp³-hybridized carbons (Fsp3) is 0.500. The molecule has 0 aromatic heterocycles. The van der Waals surface area contributed by atoms with Crippen molar-refractivity contribution in [1.29, 1.82) is 0 Å². The average Bonchev–Trinajstić information content (AvgIpc) is 2.27. The van der Waals surface area contributed by atoms with Crippen LogP contribution < -0.4 is 0 Å². The first-order valence-electron chi connectivity index (χ1n) is 6.00. The van der Waals surface area contributed by atoms with Crippen molar-refractivity contribution in [3.05, 3.63) is 34.9 Å². The number of carbonyl (C=O) groups is 1. The Morgan fingerprint density at radius 1 is 1.47 bits per heavy atom. The number of aliphatic carboxylic acids is 1. The van der Waals surface area contributed by atoms with E-state index in [0.29, 0.717) is 17.4 Å². The summed E-state index contributed by atoms with van der Waals surface area (Å²) in [6, 6.07) is 7.43. The molecule has 0 saturated heterocycles. The topological polar surface area (TPSA) is 37.3 Å². The maximum absolute atomic E-state index is 11.2. The summed E-state index contributed by atoms with van der Waals surface area (Å²) in [5.41, 5.74) is 0.994. The molecule has 2 unspecified atom stereocenters. The Hall–Kier alpha value is -1.02. The lowest BCUT2D eigenvalue weighted by Crippen LogP contribution is -2.19. The van der Waals surface area contributed by atoms with Gasteiger partial charge in [0.2, 0.25) is 0 Å². The van der Waals surface area contributed by atoms with E-state index in [1.807, 2.05) is 18.2 Å². The van der Waals surface area contributed by atoms with Gasteiger partial charge in [-0.3, -0.25) is 4.79 Å². The minimum atomic E-state index is -0.717. The van der Waals surface area contributed by atoms with E-state index in [9.17, 15) is 9.90 Å². The van der Waals surface area contributed by atoms with Gasteiger partial charge in [-0.1, -0.05) is 44.0 Å². The van der Waals surface area contributed by atoms with E-state index in [-0.39, 0.29) is 5.92 Å². The van der Waals surface area contributed by atoms with E-state index in [1.54, 1.807) is 6.07 Å². The average molecular weight is 255 g/mol. The van der Waals surface area contributed by atoms with Gasteiger partial charge in [-0.2, -0.15) is 0 Å². The molecule has 0 fully saturated rings. The van der Waals surface area contributed by atoms with Crippen molar-refractivity contribution in [2.75, 3.05) is 0 Å². The number of hydrogen-bond donors (Lipinski definition) is 1. The van der Waals surface area contributed by atoms with Crippen LogP contribution in [0.5, 0.6) is 0 Å². The molecule has 0 bridgehead atoms. The maximum atomic E-state index is 11.2. The number of hydrogen-bond acceptors (Lipinski definition) is 1. The summed E-state index contributed by atoms with van der Waals surface area (Å²) in [4.78, 5) is 11.2. The van der Waals surface area contributed by atoms with Crippen molar-refractivity contribution in [2.45, 2.75) is 33.1 Å². The highest BCUT2D eigenvalue weighted by atomic mass is 35.5. The SMILES string of the molecule is CCC(C)CC(Cc1cccc(Cl)c1)C(=O)O. The van der Waals surface area contributed by atoms with Crippen molar-refractivity contribution in [1.82, 2.24) is 0 Å². The van der Waals surface area contributed by atoms with Crippen LogP contribution in [0.1, 0.15) is 32.3 Å². The second-order valence-corrected chi connectivity index (χ2v) is 5.05. The van der Waals surface area contributed by atoms with Crippen molar-refractivity contribution in [2.24, 2.45) is 11.8 Å². The summed E-state index contributed by atoms with van der Waals surface area (Å²) in [6.45, 7) is 4.18. The second-order valence-electron chi connectivity index (χ2n) is 4.62. The predicted octanol–water partition coefficient (Wildman–Crippen LogP) is 4.02. The van der Waals surface area contributed by atoms with Crippen LogP contribution in [0.25, 0.3) is 0 Å². The zero-order valence-electron chi connectivity index (χ0n) is 10.3. The molecule has 2 nitrogen and oxygen atoms in total. The first-order valence-corrected chi connectivity index (χ1v) is 6.38. The summed E-state index contributed by atoms with van der Waals surface area (Å²) in [6.07, 6.45) is 2.29. The van der Waals surface area contributed by atoms with Gasteiger partial charge in [-0.25, -0.2) is 0 Å². The second kappa shape index (κ2) is 6.65. The highest BCUT2D eigenvalue weighted by Gasteiger charge is 2.20. The number of carboxylic acids is 1. The molecule has 1 aromatic carbocycles. The van der Waals surface area contributed by atoms with Crippen LogP contribution in [0.3, 0.4) is 0 Å². The first kappa shape index (κ1) is 14.0. The molecule has 94 valence electrons. The van der Waals surface area contributed by atoms with E-state index < -0.39 is 5.97 Å². The summed E-state index contributed by atoms with van der Waals surface area (Å²) < 4.78 is 0. The standard InChI is InChI=1S/C14H19ClO2/c1-3-10(2)7-12(14(16)17)8-11-5-4-6-13(15)9-11/h4-6,9-10,12H,3,7-8H2,1-2H3,(H,16,17). The number of benzene rings is 1. The van der Waals surface area contributed by atoms with Gasteiger partial charge in [-0.05, 0) is 36.5 Å². The zero-order chi connectivity index (χ0) is 12.8. The van der Waals surface area contributed by atoms with Gasteiger partial charge in [-0.15, -0.1) is 0 Å². The third-order valence-electron chi connectivity index (χ3n) is 3.10. The van der Waals surface area contributed by atoms with Crippen molar-refractivity contribution >= 4 is 17.6 Å². The molecule has 0 heterocycles. The normalized spacial score (nSPS) is 14.3. The lowest BCUT2D eigenvalue weighted by molar-refractivity contribution is -0.142. The zero-order valence-corrected chi connectivity index (χ0v) is 11.1. The number of rotatable bonds is 6. The number of halogens is 1. The van der Waals surface area contributed by atoms with Crippen LogP contribution in [0, 0.1) is 11.8 Å². The van der Waals surface area contributed by atoms with Gasteiger partial charge in [0.1, 0.15) is 0 Å². The molecule has 0 saturated carbocycles. The first-order chi connectivity index (χ1) is 8.02. The molecule has 0 spiro atoms. The van der Waals surface area contributed by atoms with Crippen molar-refractivity contribution in [3.8, 4) is 0 Å². The van der Waals surface area contributed by atoms with Crippen LogP contribution >= 0.6 is 11.6 Å². The monoisotopic (exact) mass is 254 g/mol. The Bertz CT molecular complexity index is 376. The van der Waals surface area contributed by atoms with Crippen LogP contribution in [-0.2, 0) is 11.2 Å². The largest absolute Gasteiger partial charge is 0.481 e. The molecule has 0 aliphatic heterocycles. The van der Waals surface area contributed by atoms with Crippen molar-refractivity contribution in [3.63, 3.8) is 0 Å². The van der Waals surface area contributed by atoms with Gasteiger partial charge < -0.3 is 5.11 Å². The van der Waals surface area contributed by atoms with E-state index in [1.165, 1.54) is 0 Å². The third-order valence-corrected chi connectivity index (χ3v) is 3.34. The van der Waals surface area contributed by atoms with Crippen LogP contribution in [0.2, 0.25) is 5.02 Å². The van der Waals surface area contributed by atoms with Gasteiger partial charge in [0.05, 0.1) is 5.92 Å². The molecule has 0 amide bonds. The van der Waals surface area contributed by atoms with Gasteiger partial charge in [0.15, 0.2) is 0 Å². The smallest absolute Gasteiger partial charge is 0.306 e. The Balaban J connectivity index is 2.70. The molecule has 0 radical (unpaired) electrons. The minimum absolute atomic E-state index is 0.316. The van der Waals surface area contributed by atoms with Gasteiger partial charge >= 0.3 is 5.97 Å². The fourth-order valence-corrected chi connectivity index (χ4v) is 2.09. The Kier molecular flexibility index (Phi) is 5.49. The molecule has 0 aliphatic carbocycles. The fourth-order valence-electron chi connectivity index (χ4n) is 1.87. The summed E-state index contributed by atoms with van der Waals surface area (Å²) in [5, 5.41) is 9.88. The summed E-state index contributed by atoms with van der Waals surface area (Å²) in [7, 11) is 0. The van der Waals surface area contributed by atoms with E-state index >= 15 is 0 Å². The van der Waals surface area contributed by atoms with Gasteiger partial charge in [0.25, 0.3) is 0 Å². The van der Waals surface area contributed by atoms with Crippen molar-refractivity contribution < 1.29 is 9.90 Å². The summed E-state index contributed by atoms with van der Waals surface area (Å²) in [5.74, 6) is -0.594. The molecule has 2 atom stereocenters. The lowest BCUT2D eigenvalue weighted by Gasteiger charge is -2.16. The quantitative estimate of drug-likeness (QED) is 0.833. The Labute approximate surface area is 108 Å². The lowest BCUT2D eigenvalue weighted by atomic mass is 9.89. The Morgan fingerprint density at radius 3 is 2.71 bits per heavy atom. The molecule has 1 rings (SSSR count). The predicted molar refractivity (Wildman–Crippen MR) is 70.4 cm³/mol. The molecule has 1 N–H and O–H groups in total. The molecular weight excluding hydrogens is 236 g/mol. The molecule has 17 heavy (non-hydrogen) atoms. The molecule has 0 aliphatic rings. The number of carboxylic acid groups (broad SMARTS) is 1. The van der Waals surface area contributed by atoms with Crippen LogP contribution in [0.15, 0.2) is 24.3 Å². The minimum Gasteiger partial charge on any atom is -0.481 e. The molecule has 1 aromatic rings. The highest BCUT2D eigenvalue weighted by molar-refractivity contribution is 6.30. The molecular formula is C14H19ClO2. The maximum Gasteiger partial charge on any atom is 0.306 e. The molecule has 3 heteroatoms. The van der Waals surface area contributed by atoms with Gasteiger partial charge in [0, 0.05) is 5.02 Å². The third kappa shape index (κ3) is 4.78. The van der Waals surface area contributed by atoms with Crippen LogP contribution in [-0.4, -0.2) is 11.1 Å². The summed E-state index contributed by atoms with van der Waals surface area (Å²) >= 11 is 5.89. The van der Waals surface area contributed by atoms with E-state index in [0.717, 1.165) is 18.4 Å². The van der Waals surface area contributed by atoms with E-state index in [2.05, 4.69) is 13.8 Å². The van der Waals surface area contributed by atoms with Crippen LogP contribution in [0.4, 0.5) is 0 Å². The van der Waals surface area contributed by atoms with E-state index in [4.69, 9.17) is 11.6 Å². The highest BCUT2D eigenvalue weighted by Crippen LogP contribution is 2.21.